The van der Waals surface area contributed by atoms with Crippen LogP contribution >= 0.6 is 12.0 Å². The zero-order chi connectivity index (χ0) is 38.3. The number of nitrogens with zero attached hydrogens (tertiary/aromatic N) is 1. The van der Waals surface area contributed by atoms with Crippen LogP contribution in [0.3, 0.4) is 0 Å². The molecule has 0 radical (unpaired) electrons. The minimum absolute atomic E-state index is 0. The molecule has 2 atom stereocenters. The molecule has 15 heteroatoms. The third kappa shape index (κ3) is 19.2. The van der Waals surface area contributed by atoms with Crippen LogP contribution in [-0.4, -0.2) is 42.0 Å². The molecule has 0 bridgehead atoms. The van der Waals surface area contributed by atoms with Gasteiger partial charge in [0.15, 0.2) is 0 Å². The third-order valence-corrected chi connectivity index (χ3v) is 6.93. The van der Waals surface area contributed by atoms with Crippen LogP contribution in [0.2, 0.25) is 0 Å². The normalized spacial score (nSPS) is 11.9. The van der Waals surface area contributed by atoms with Crippen LogP contribution in [0, 0.1) is 0 Å². The van der Waals surface area contributed by atoms with Gasteiger partial charge >= 0.3 is 0 Å². The SMILES string of the molecule is C1=CC(=C(c2ccc(Nc3ccccc3)cc2)c2ccc(Nc3ccccc3)cc2)C=CC1=Nc1ccccc1.CS(=O)[O-].CS(=O)[O-].CSOO[O-].N.N. The molecule has 55 heavy (non-hydrogen) atoms. The minimum Gasteiger partial charge on any atom is -0.773 e. The Hall–Kier alpha value is -5.04. The van der Waals surface area contributed by atoms with E-state index in [1.54, 1.807) is 6.26 Å². The molecule has 2 unspecified atom stereocenters. The first-order chi connectivity index (χ1) is 25.7. The molecule has 8 N–H and O–H groups in total. The summed E-state index contributed by atoms with van der Waals surface area (Å²) < 4.78 is 39.7. The molecule has 0 saturated heterocycles. The van der Waals surface area contributed by atoms with E-state index in [0.29, 0.717) is 0 Å². The standard InChI is InChI=1S/C37H29N3.CH4O3S.2CH4O2S.2H3N/c1-4-10-31(11-5-1)38-34-22-16-28(17-23-34)37(29-18-24-35(25-19-29)39-32-12-6-2-7-13-32)30-20-26-36(27-21-30)40-33-14-8-3-9-15-33;1-5-4-3-2;2*1-4(2)3;;/h1-27,38-39H;2H,1H3;2*1H3,(H,2,3);2*1H3/p-3. The second kappa shape index (κ2) is 27.5. The van der Waals surface area contributed by atoms with E-state index in [1.165, 1.54) is 5.57 Å². The van der Waals surface area contributed by atoms with Crippen LogP contribution in [0.15, 0.2) is 174 Å². The summed E-state index contributed by atoms with van der Waals surface area (Å²) in [6, 6.07) is 47.7. The fourth-order valence-corrected chi connectivity index (χ4v) is 4.75. The number of rotatable bonds is 9. The maximum absolute atomic E-state index is 9.00. The van der Waals surface area contributed by atoms with Gasteiger partial charge in [-0.05, 0) is 108 Å². The second-order valence-electron chi connectivity index (χ2n) is 10.6. The first kappa shape index (κ1) is 48.0. The number of hydrogen-bond donors (Lipinski definition) is 4. The van der Waals surface area contributed by atoms with Crippen molar-refractivity contribution in [1.82, 2.24) is 12.3 Å². The van der Waals surface area contributed by atoms with Gasteiger partial charge in [-0.3, -0.25) is 13.5 Å². The molecule has 1 aliphatic rings. The molecule has 0 aliphatic heterocycles. The van der Waals surface area contributed by atoms with E-state index in [4.69, 9.17) is 27.8 Å². The van der Waals surface area contributed by atoms with Crippen LogP contribution in [0.1, 0.15) is 11.1 Å². The Morgan fingerprint density at radius 1 is 0.582 bits per heavy atom. The molecule has 0 aromatic heterocycles. The number of benzene rings is 5. The Labute approximate surface area is 331 Å². The topological polar surface area (TPSA) is 228 Å². The molecule has 12 nitrogen and oxygen atoms in total. The van der Waals surface area contributed by atoms with Gasteiger partial charge in [0.1, 0.15) is 0 Å². The average Bonchev–Trinajstić information content (AvgIpc) is 3.15. The van der Waals surface area contributed by atoms with Gasteiger partial charge in [0, 0.05) is 41.0 Å². The van der Waals surface area contributed by atoms with Crippen molar-refractivity contribution >= 4 is 73.9 Å². The summed E-state index contributed by atoms with van der Waals surface area (Å²) in [5, 5.41) is 18.7. The summed E-state index contributed by atoms with van der Waals surface area (Å²) in [7, 11) is 0. The minimum atomic E-state index is -1.86. The highest BCUT2D eigenvalue weighted by Gasteiger charge is 2.12. The van der Waals surface area contributed by atoms with Gasteiger partial charge in [0.2, 0.25) is 0 Å². The Morgan fingerprint density at radius 3 is 1.25 bits per heavy atom. The monoisotopic (exact) mass is 802 g/mol. The highest BCUT2D eigenvalue weighted by Crippen LogP contribution is 2.32. The molecule has 0 fully saturated rings. The summed E-state index contributed by atoms with van der Waals surface area (Å²) in [4.78, 5) is 4.76. The van der Waals surface area contributed by atoms with Gasteiger partial charge in [-0.15, -0.1) is 0 Å². The summed E-state index contributed by atoms with van der Waals surface area (Å²) in [5.74, 6) is 0. The fraction of sp³-hybridized carbons (Fsp3) is 0.0750. The first-order valence-electron chi connectivity index (χ1n) is 15.8. The Morgan fingerprint density at radius 2 is 0.927 bits per heavy atom. The summed E-state index contributed by atoms with van der Waals surface area (Å²) in [6.07, 6.45) is 12.2. The molecule has 5 aromatic carbocycles. The van der Waals surface area contributed by atoms with E-state index in [9.17, 15) is 0 Å². The van der Waals surface area contributed by atoms with Gasteiger partial charge < -0.3 is 37.3 Å². The first-order valence-corrected chi connectivity index (χ1v) is 19.9. The smallest absolute Gasteiger partial charge is 0.0637 e. The summed E-state index contributed by atoms with van der Waals surface area (Å²) in [6.45, 7) is 0. The van der Waals surface area contributed by atoms with Gasteiger partial charge in [-0.1, -0.05) is 113 Å². The van der Waals surface area contributed by atoms with Crippen molar-refractivity contribution < 1.29 is 32.2 Å². The molecule has 0 saturated carbocycles. The van der Waals surface area contributed by atoms with Crippen molar-refractivity contribution in [3.63, 3.8) is 0 Å². The molecule has 292 valence electrons. The van der Waals surface area contributed by atoms with Gasteiger partial charge in [-0.25, -0.2) is 4.99 Å². The quantitative estimate of drug-likeness (QED) is 0.0475. The van der Waals surface area contributed by atoms with Crippen molar-refractivity contribution in [2.75, 3.05) is 29.4 Å². The number of para-hydroxylation sites is 3. The largest absolute Gasteiger partial charge is 0.773 e. The lowest BCUT2D eigenvalue weighted by Crippen LogP contribution is -2.00. The lowest BCUT2D eigenvalue weighted by molar-refractivity contribution is -0.777. The molecule has 0 heterocycles. The number of anilines is 4. The third-order valence-electron chi connectivity index (χ3n) is 6.74. The lowest BCUT2D eigenvalue weighted by atomic mass is 9.90. The molecule has 0 amide bonds. The molecule has 1 aliphatic carbocycles. The summed E-state index contributed by atoms with van der Waals surface area (Å²) >= 11 is -2.86. The van der Waals surface area contributed by atoms with E-state index >= 15 is 0 Å². The van der Waals surface area contributed by atoms with Crippen LogP contribution < -0.4 is 28.2 Å². The molecular formula is C40H44N5O7S3-3. The van der Waals surface area contributed by atoms with Crippen molar-refractivity contribution in [3.05, 3.63) is 181 Å². The Balaban J connectivity index is 0.000000879. The fourth-order valence-electron chi connectivity index (χ4n) is 4.70. The summed E-state index contributed by atoms with van der Waals surface area (Å²) in [5.41, 5.74) is 10.7. The van der Waals surface area contributed by atoms with E-state index in [2.05, 4.69) is 117 Å². The van der Waals surface area contributed by atoms with E-state index in [0.717, 1.165) is 75.4 Å². The molecule has 6 rings (SSSR count). The second-order valence-corrected chi connectivity index (χ2v) is 12.7. The number of allylic oxidation sites excluding steroid dienone is 5. The van der Waals surface area contributed by atoms with Gasteiger partial charge in [0.05, 0.1) is 11.4 Å². The van der Waals surface area contributed by atoms with Crippen molar-refractivity contribution in [2.24, 2.45) is 4.99 Å². The maximum Gasteiger partial charge on any atom is 0.0637 e. The predicted octanol–water partition coefficient (Wildman–Crippen LogP) is 8.68. The van der Waals surface area contributed by atoms with Gasteiger partial charge in [0.25, 0.3) is 0 Å². The van der Waals surface area contributed by atoms with E-state index in [1.807, 2.05) is 66.7 Å². The van der Waals surface area contributed by atoms with Gasteiger partial charge in [-0.2, -0.15) is 4.33 Å². The van der Waals surface area contributed by atoms with Crippen LogP contribution in [0.25, 0.3) is 5.57 Å². The number of hydrogen-bond acceptors (Lipinski definition) is 13. The number of nitrogens with one attached hydrogen (secondary N) is 2. The van der Waals surface area contributed by atoms with Crippen LogP contribution in [0.5, 0.6) is 0 Å². The van der Waals surface area contributed by atoms with Crippen molar-refractivity contribution in [3.8, 4) is 0 Å². The van der Waals surface area contributed by atoms with Crippen molar-refractivity contribution in [1.29, 1.82) is 0 Å². The Kier molecular flexibility index (Phi) is 24.0. The molecular weight excluding hydrogens is 759 g/mol. The maximum atomic E-state index is 9.00. The highest BCUT2D eigenvalue weighted by molar-refractivity contribution is 7.93. The number of aliphatic imine (C=N–C) groups is 1. The van der Waals surface area contributed by atoms with Crippen LogP contribution in [0.4, 0.5) is 28.4 Å². The van der Waals surface area contributed by atoms with E-state index < -0.39 is 22.2 Å². The predicted molar refractivity (Wildman–Crippen MR) is 226 cm³/mol. The zero-order valence-corrected chi connectivity index (χ0v) is 33.0. The highest BCUT2D eigenvalue weighted by atomic mass is 32.2. The molecule has 0 spiro atoms. The average molecular weight is 803 g/mol. The van der Waals surface area contributed by atoms with E-state index in [-0.39, 0.29) is 12.3 Å². The van der Waals surface area contributed by atoms with Crippen LogP contribution in [-0.2, 0) is 31.5 Å². The zero-order valence-electron chi connectivity index (χ0n) is 30.5. The van der Waals surface area contributed by atoms with Crippen molar-refractivity contribution in [2.45, 2.75) is 0 Å². The molecule has 5 aromatic rings. The lowest BCUT2D eigenvalue weighted by Gasteiger charge is -2.16. The Bertz CT molecular complexity index is 1850.